The summed E-state index contributed by atoms with van der Waals surface area (Å²) in [6.45, 7) is 12.9. The minimum atomic E-state index is -0.293. The van der Waals surface area contributed by atoms with Crippen molar-refractivity contribution in [3.05, 3.63) is 0 Å². The highest BCUT2D eigenvalue weighted by Crippen LogP contribution is 2.22. The van der Waals surface area contributed by atoms with Gasteiger partial charge < -0.3 is 4.90 Å². The number of piperidine rings is 1. The third-order valence-corrected chi connectivity index (χ3v) is 3.54. The van der Waals surface area contributed by atoms with Crippen molar-refractivity contribution in [2.75, 3.05) is 13.1 Å². The van der Waals surface area contributed by atoms with Crippen LogP contribution in [0, 0.1) is 5.41 Å². The molecule has 0 radical (unpaired) electrons. The van der Waals surface area contributed by atoms with Crippen LogP contribution in [-0.2, 0) is 4.89 Å². The molecule has 1 fully saturated rings. The first kappa shape index (κ1) is 14.9. The van der Waals surface area contributed by atoms with Gasteiger partial charge in [0, 0.05) is 17.5 Å². The molecule has 0 aromatic rings. The SMILES string of the molecule is CC(C)N1CCC(NC(OO)C(C)(C)C)CC1. The number of likely N-dealkylation sites (tertiary alicyclic amines) is 1. The van der Waals surface area contributed by atoms with Gasteiger partial charge in [-0.1, -0.05) is 20.8 Å². The summed E-state index contributed by atoms with van der Waals surface area (Å²) in [6.07, 6.45) is 1.94. The van der Waals surface area contributed by atoms with Crippen molar-refractivity contribution in [2.45, 2.75) is 65.8 Å². The summed E-state index contributed by atoms with van der Waals surface area (Å²) in [6, 6.07) is 1.07. The fourth-order valence-corrected chi connectivity index (χ4v) is 2.24. The lowest BCUT2D eigenvalue weighted by Gasteiger charge is -2.38. The molecule has 0 amide bonds. The predicted molar refractivity (Wildman–Crippen MR) is 69.8 cm³/mol. The van der Waals surface area contributed by atoms with Gasteiger partial charge in [-0.3, -0.25) is 10.6 Å². The highest BCUT2D eigenvalue weighted by molar-refractivity contribution is 4.82. The van der Waals surface area contributed by atoms with Crippen LogP contribution in [0.1, 0.15) is 47.5 Å². The smallest absolute Gasteiger partial charge is 0.148 e. The molecule has 1 aliphatic heterocycles. The topological polar surface area (TPSA) is 44.7 Å². The number of hydrogen-bond donors (Lipinski definition) is 2. The summed E-state index contributed by atoms with van der Waals surface area (Å²) in [5.74, 6) is 0. The first-order valence-corrected chi connectivity index (χ1v) is 6.65. The van der Waals surface area contributed by atoms with Crippen molar-refractivity contribution in [1.82, 2.24) is 10.2 Å². The third-order valence-electron chi connectivity index (χ3n) is 3.54. The molecule has 0 bridgehead atoms. The Balaban J connectivity index is 2.39. The number of rotatable bonds is 4. The minimum absolute atomic E-state index is 0.0933. The van der Waals surface area contributed by atoms with E-state index >= 15 is 0 Å². The van der Waals surface area contributed by atoms with Crippen molar-refractivity contribution in [2.24, 2.45) is 5.41 Å². The molecule has 0 aromatic carbocycles. The Bertz CT molecular complexity index is 218. The summed E-state index contributed by atoms with van der Waals surface area (Å²) >= 11 is 0. The van der Waals surface area contributed by atoms with E-state index in [4.69, 9.17) is 5.26 Å². The monoisotopic (exact) mass is 244 g/mol. The second-order valence-electron chi connectivity index (χ2n) is 6.42. The van der Waals surface area contributed by atoms with Crippen LogP contribution in [-0.4, -0.2) is 41.6 Å². The lowest BCUT2D eigenvalue weighted by molar-refractivity contribution is -0.309. The van der Waals surface area contributed by atoms with Gasteiger partial charge in [0.15, 0.2) is 0 Å². The molecule has 0 aromatic heterocycles. The first-order valence-electron chi connectivity index (χ1n) is 6.65. The lowest BCUT2D eigenvalue weighted by atomic mass is 9.92. The van der Waals surface area contributed by atoms with E-state index in [1.165, 1.54) is 0 Å². The summed E-state index contributed by atoms with van der Waals surface area (Å²) < 4.78 is 0. The molecule has 0 spiro atoms. The van der Waals surface area contributed by atoms with E-state index in [1.807, 2.05) is 0 Å². The van der Waals surface area contributed by atoms with Crippen LogP contribution in [0.15, 0.2) is 0 Å². The van der Waals surface area contributed by atoms with Gasteiger partial charge in [0.1, 0.15) is 6.23 Å². The maximum atomic E-state index is 8.96. The highest BCUT2D eigenvalue weighted by atomic mass is 17.1. The molecular formula is C13H28N2O2. The summed E-state index contributed by atoms with van der Waals surface area (Å²) in [5.41, 5.74) is -0.0933. The summed E-state index contributed by atoms with van der Waals surface area (Å²) in [7, 11) is 0. The average Bonchev–Trinajstić information content (AvgIpc) is 2.24. The van der Waals surface area contributed by atoms with Crippen LogP contribution in [0.5, 0.6) is 0 Å². The van der Waals surface area contributed by atoms with E-state index in [9.17, 15) is 0 Å². The molecule has 1 unspecified atom stereocenters. The van der Waals surface area contributed by atoms with Crippen LogP contribution in [0.2, 0.25) is 0 Å². The third kappa shape index (κ3) is 4.54. The van der Waals surface area contributed by atoms with Crippen LogP contribution in [0.3, 0.4) is 0 Å². The second-order valence-corrected chi connectivity index (χ2v) is 6.42. The molecule has 1 rings (SSSR count). The molecule has 1 aliphatic rings. The Kier molecular flexibility index (Phi) is 5.38. The van der Waals surface area contributed by atoms with E-state index < -0.39 is 0 Å². The minimum Gasteiger partial charge on any atom is -0.301 e. The van der Waals surface area contributed by atoms with E-state index in [-0.39, 0.29) is 11.6 Å². The zero-order valence-corrected chi connectivity index (χ0v) is 11.9. The maximum absolute atomic E-state index is 8.96. The molecule has 0 aliphatic carbocycles. The molecule has 102 valence electrons. The van der Waals surface area contributed by atoms with Gasteiger partial charge in [-0.05, 0) is 39.8 Å². The molecule has 4 nitrogen and oxygen atoms in total. The molecule has 4 heteroatoms. The zero-order valence-electron chi connectivity index (χ0n) is 11.9. The van der Waals surface area contributed by atoms with Crippen LogP contribution >= 0.6 is 0 Å². The molecule has 1 heterocycles. The van der Waals surface area contributed by atoms with Crippen molar-refractivity contribution in [3.63, 3.8) is 0 Å². The van der Waals surface area contributed by atoms with E-state index in [2.05, 4.69) is 49.7 Å². The fourth-order valence-electron chi connectivity index (χ4n) is 2.24. The van der Waals surface area contributed by atoms with E-state index in [0.717, 1.165) is 25.9 Å². The van der Waals surface area contributed by atoms with Gasteiger partial charge in [-0.15, -0.1) is 0 Å². The fraction of sp³-hybridized carbons (Fsp3) is 1.00. The van der Waals surface area contributed by atoms with Crippen molar-refractivity contribution >= 4 is 0 Å². The second kappa shape index (κ2) is 6.14. The van der Waals surface area contributed by atoms with Crippen LogP contribution in [0.4, 0.5) is 0 Å². The van der Waals surface area contributed by atoms with Gasteiger partial charge in [0.2, 0.25) is 0 Å². The van der Waals surface area contributed by atoms with Gasteiger partial charge >= 0.3 is 0 Å². The molecule has 2 N–H and O–H groups in total. The standard InChI is InChI=1S/C13H28N2O2/c1-10(2)15-8-6-11(7-9-15)14-12(17-16)13(3,4)5/h10-12,14,16H,6-9H2,1-5H3. The van der Waals surface area contributed by atoms with Crippen molar-refractivity contribution < 1.29 is 10.1 Å². The Hall–Kier alpha value is -0.160. The first-order chi connectivity index (χ1) is 7.84. The van der Waals surface area contributed by atoms with Gasteiger partial charge in [-0.2, -0.15) is 0 Å². The van der Waals surface area contributed by atoms with Crippen LogP contribution < -0.4 is 5.32 Å². The van der Waals surface area contributed by atoms with Gasteiger partial charge in [-0.25, -0.2) is 4.89 Å². The number of nitrogens with one attached hydrogen (secondary N) is 1. The Morgan fingerprint density at radius 1 is 1.24 bits per heavy atom. The predicted octanol–water partition coefficient (Wildman–Crippen LogP) is 2.31. The summed E-state index contributed by atoms with van der Waals surface area (Å²) in [4.78, 5) is 7.06. The maximum Gasteiger partial charge on any atom is 0.148 e. The van der Waals surface area contributed by atoms with Crippen LogP contribution in [0.25, 0.3) is 0 Å². The number of nitrogens with zero attached hydrogens (tertiary/aromatic N) is 1. The van der Waals surface area contributed by atoms with Gasteiger partial charge in [0.25, 0.3) is 0 Å². The molecule has 0 saturated carbocycles. The molecule has 1 saturated heterocycles. The molecular weight excluding hydrogens is 216 g/mol. The molecule has 17 heavy (non-hydrogen) atoms. The largest absolute Gasteiger partial charge is 0.301 e. The highest BCUT2D eigenvalue weighted by Gasteiger charge is 2.30. The Morgan fingerprint density at radius 2 is 1.76 bits per heavy atom. The Labute approximate surface area is 105 Å². The van der Waals surface area contributed by atoms with Crippen molar-refractivity contribution in [3.8, 4) is 0 Å². The zero-order chi connectivity index (χ0) is 13.1. The number of hydrogen-bond acceptors (Lipinski definition) is 4. The van der Waals surface area contributed by atoms with E-state index in [1.54, 1.807) is 0 Å². The lowest BCUT2D eigenvalue weighted by Crippen LogP contribution is -2.51. The Morgan fingerprint density at radius 3 is 2.12 bits per heavy atom. The van der Waals surface area contributed by atoms with Crippen molar-refractivity contribution in [1.29, 1.82) is 0 Å². The normalized spacial score (nSPS) is 22.1. The van der Waals surface area contributed by atoms with E-state index in [0.29, 0.717) is 12.1 Å². The quantitative estimate of drug-likeness (QED) is 0.452. The van der Waals surface area contributed by atoms with Gasteiger partial charge in [0.05, 0.1) is 0 Å². The average molecular weight is 244 g/mol. The molecule has 1 atom stereocenters. The summed E-state index contributed by atoms with van der Waals surface area (Å²) in [5, 5.41) is 12.4.